The average molecular weight is 821 g/mol. The second-order valence-corrected chi connectivity index (χ2v) is 16.0. The monoisotopic (exact) mass is 820 g/mol. The summed E-state index contributed by atoms with van der Waals surface area (Å²) in [6, 6.07) is 9.38. The normalized spacial score (nSPS) is 43.4. The first-order valence-corrected chi connectivity index (χ1v) is 19.7. The zero-order valence-electron chi connectivity index (χ0n) is 32.7. The molecule has 0 aromatic heterocycles. The molecule has 6 fully saturated rings. The van der Waals surface area contributed by atoms with Gasteiger partial charge in [-0.3, -0.25) is 14.4 Å². The summed E-state index contributed by atoms with van der Waals surface area (Å²) in [6.45, 7) is 5.39. The van der Waals surface area contributed by atoms with E-state index in [1.165, 1.54) is 13.0 Å². The number of epoxide rings is 1. The lowest BCUT2D eigenvalue weighted by atomic mass is 9.72. The van der Waals surface area contributed by atoms with E-state index >= 15 is 0 Å². The fourth-order valence-electron chi connectivity index (χ4n) is 8.91. The minimum absolute atomic E-state index is 0.131. The minimum Gasteiger partial charge on any atom is -0.459 e. The molecule has 0 amide bonds. The maximum absolute atomic E-state index is 14.0. The third kappa shape index (κ3) is 8.41. The zero-order chi connectivity index (χ0) is 41.5. The Labute approximate surface area is 334 Å². The third-order valence-corrected chi connectivity index (χ3v) is 12.0. The minimum atomic E-state index is -1.78. The summed E-state index contributed by atoms with van der Waals surface area (Å²) in [5.74, 6) is -5.13. The summed E-state index contributed by atoms with van der Waals surface area (Å²) in [6.07, 6.45) is -12.2. The van der Waals surface area contributed by atoms with E-state index < -0.39 is 121 Å². The number of fused-ring (bicyclic) bond motifs is 3. The van der Waals surface area contributed by atoms with Crippen molar-refractivity contribution in [2.24, 2.45) is 17.8 Å². The summed E-state index contributed by atoms with van der Waals surface area (Å²) in [5.41, 5.74) is 0.0624. The van der Waals surface area contributed by atoms with Gasteiger partial charge < -0.3 is 67.8 Å². The highest BCUT2D eigenvalue weighted by Gasteiger charge is 2.76. The first kappa shape index (κ1) is 42.6. The van der Waals surface area contributed by atoms with Gasteiger partial charge in [-0.1, -0.05) is 37.3 Å². The molecule has 320 valence electrons. The molecule has 1 aromatic rings. The van der Waals surface area contributed by atoms with Crippen LogP contribution in [0, 0.1) is 17.8 Å². The SMILES string of the molecule is CC(=O)O[C@@H]1[C@H](O)[C@@H](O[C@H]2[C@H](OC(=O)[C@@H]3CC[C@H]4[C@@H](C3)O[C@]3(C[C@H](OC(=O)C=Cc5ccccc5)[C@@H](C)CO3)[C@@]43CO3)O[C@H](CO)[C@@H](O)[C@@H]2OC(C)=O)O[C@H](C)[C@H]1O. The molecule has 58 heavy (non-hydrogen) atoms. The fourth-order valence-corrected chi connectivity index (χ4v) is 8.91. The van der Waals surface area contributed by atoms with Crippen LogP contribution in [-0.2, 0) is 66.5 Å². The van der Waals surface area contributed by atoms with Crippen molar-refractivity contribution in [3.63, 3.8) is 0 Å². The number of aliphatic hydroxyl groups excluding tert-OH is 4. The molecule has 4 N–H and O–H groups in total. The standard InChI is InChI=1S/C40H52O18/c1-19-17-49-40(15-27(19)54-29(44)13-10-23-8-6-5-7-9-23)39(18-50-39)25-12-11-24(14-26(25)58-40)36(48)57-38-35(34(53-22(4)43)31(46)28(16-41)55-38)56-37-32(47)33(52-21(3)42)30(45)20(2)51-37/h5-10,13,19-20,24-28,30-35,37-38,41,45-47H,11-12,14-18H2,1-4H3/t19-,20+,24+,25-,26+,27-,28+,30+,31+,32-,33-,34-,35+,37+,38-,39+,40+/m0/s1. The lowest BCUT2D eigenvalue weighted by Gasteiger charge is -2.46. The van der Waals surface area contributed by atoms with Crippen LogP contribution in [0.15, 0.2) is 36.4 Å². The predicted octanol–water partition coefficient (Wildman–Crippen LogP) is 0.285. The Morgan fingerprint density at radius 1 is 0.845 bits per heavy atom. The van der Waals surface area contributed by atoms with E-state index in [0.717, 1.165) is 19.4 Å². The van der Waals surface area contributed by atoms with Gasteiger partial charge in [0.05, 0.1) is 37.9 Å². The number of benzene rings is 1. The van der Waals surface area contributed by atoms with Crippen molar-refractivity contribution in [2.75, 3.05) is 19.8 Å². The second kappa shape index (κ2) is 17.2. The molecule has 0 radical (unpaired) electrons. The van der Waals surface area contributed by atoms with E-state index in [1.807, 2.05) is 37.3 Å². The number of esters is 4. The highest BCUT2D eigenvalue weighted by Crippen LogP contribution is 2.62. The van der Waals surface area contributed by atoms with Crippen LogP contribution in [-0.4, -0.2) is 149 Å². The van der Waals surface area contributed by atoms with Crippen LogP contribution in [0.4, 0.5) is 0 Å². The van der Waals surface area contributed by atoms with Crippen molar-refractivity contribution in [3.05, 3.63) is 42.0 Å². The molecule has 5 aliphatic heterocycles. The van der Waals surface area contributed by atoms with Crippen LogP contribution in [0.25, 0.3) is 6.08 Å². The maximum atomic E-state index is 14.0. The van der Waals surface area contributed by atoms with Gasteiger partial charge in [0.2, 0.25) is 12.1 Å². The van der Waals surface area contributed by atoms with Crippen LogP contribution < -0.4 is 0 Å². The Morgan fingerprint density at radius 3 is 2.22 bits per heavy atom. The molecule has 1 saturated carbocycles. The summed E-state index contributed by atoms with van der Waals surface area (Å²) in [5, 5.41) is 42.8. The number of rotatable bonds is 10. The molecule has 5 heterocycles. The second-order valence-electron chi connectivity index (χ2n) is 16.0. The van der Waals surface area contributed by atoms with Crippen molar-refractivity contribution < 1.29 is 87.0 Å². The number of ether oxygens (including phenoxy) is 10. The Morgan fingerprint density at radius 2 is 1.55 bits per heavy atom. The van der Waals surface area contributed by atoms with Crippen LogP contribution in [0.5, 0.6) is 0 Å². The molecule has 0 bridgehead atoms. The third-order valence-electron chi connectivity index (χ3n) is 12.0. The molecular weight excluding hydrogens is 768 g/mol. The van der Waals surface area contributed by atoms with Gasteiger partial charge in [-0.05, 0) is 37.8 Å². The van der Waals surface area contributed by atoms with E-state index in [-0.39, 0.29) is 31.3 Å². The van der Waals surface area contributed by atoms with Crippen molar-refractivity contribution in [3.8, 4) is 0 Å². The van der Waals surface area contributed by atoms with Crippen molar-refractivity contribution in [1.29, 1.82) is 0 Å². The lowest BCUT2D eigenvalue weighted by molar-refractivity contribution is -0.360. The summed E-state index contributed by atoms with van der Waals surface area (Å²) >= 11 is 0. The highest BCUT2D eigenvalue weighted by molar-refractivity contribution is 5.87. The molecule has 1 aromatic carbocycles. The van der Waals surface area contributed by atoms with Gasteiger partial charge in [0, 0.05) is 38.2 Å². The average Bonchev–Trinajstić information content (AvgIpc) is 3.96. The summed E-state index contributed by atoms with van der Waals surface area (Å²) < 4.78 is 59.1. The molecule has 18 heteroatoms. The van der Waals surface area contributed by atoms with E-state index in [9.17, 15) is 39.6 Å². The Hall–Kier alpha value is -3.56. The summed E-state index contributed by atoms with van der Waals surface area (Å²) in [4.78, 5) is 50.9. The number of carbonyl (C=O) groups excluding carboxylic acids is 4. The van der Waals surface area contributed by atoms with Crippen LogP contribution in [0.2, 0.25) is 0 Å². The van der Waals surface area contributed by atoms with Gasteiger partial charge in [0.1, 0.15) is 30.5 Å². The first-order chi connectivity index (χ1) is 27.6. The van der Waals surface area contributed by atoms with Crippen molar-refractivity contribution in [1.82, 2.24) is 0 Å². The molecule has 7 rings (SSSR count). The number of hydrogen-bond acceptors (Lipinski definition) is 18. The molecule has 1 aliphatic carbocycles. The Kier molecular flexibility index (Phi) is 12.6. The largest absolute Gasteiger partial charge is 0.459 e. The van der Waals surface area contributed by atoms with Crippen LogP contribution in [0.1, 0.15) is 58.9 Å². The van der Waals surface area contributed by atoms with Gasteiger partial charge >= 0.3 is 23.9 Å². The number of hydrogen-bond donors (Lipinski definition) is 4. The maximum Gasteiger partial charge on any atom is 0.331 e. The molecule has 5 saturated heterocycles. The van der Waals surface area contributed by atoms with E-state index in [0.29, 0.717) is 19.4 Å². The summed E-state index contributed by atoms with van der Waals surface area (Å²) in [7, 11) is 0. The van der Waals surface area contributed by atoms with E-state index in [2.05, 4.69) is 0 Å². The van der Waals surface area contributed by atoms with Gasteiger partial charge in [0.25, 0.3) is 0 Å². The smallest absolute Gasteiger partial charge is 0.331 e. The van der Waals surface area contributed by atoms with Crippen molar-refractivity contribution in [2.45, 2.75) is 138 Å². The molecule has 17 atom stereocenters. The van der Waals surface area contributed by atoms with E-state index in [1.54, 1.807) is 6.08 Å². The van der Waals surface area contributed by atoms with Crippen LogP contribution >= 0.6 is 0 Å². The zero-order valence-corrected chi connectivity index (χ0v) is 32.7. The molecule has 0 unspecified atom stereocenters. The van der Waals surface area contributed by atoms with E-state index in [4.69, 9.17) is 47.4 Å². The Balaban J connectivity index is 1.05. The quantitative estimate of drug-likeness (QED) is 0.107. The highest BCUT2D eigenvalue weighted by atomic mass is 16.8. The van der Waals surface area contributed by atoms with Crippen molar-refractivity contribution >= 4 is 30.0 Å². The van der Waals surface area contributed by atoms with Gasteiger partial charge in [-0.15, -0.1) is 0 Å². The molecule has 18 nitrogen and oxygen atoms in total. The Bertz CT molecular complexity index is 1680. The topological polar surface area (TPSA) is 245 Å². The van der Waals surface area contributed by atoms with Gasteiger partial charge in [0.15, 0.2) is 30.2 Å². The fraction of sp³-hybridized carbons (Fsp3) is 0.700. The van der Waals surface area contributed by atoms with Gasteiger partial charge in [-0.25, -0.2) is 4.79 Å². The predicted molar refractivity (Wildman–Crippen MR) is 192 cm³/mol. The lowest BCUT2D eigenvalue weighted by Crippen LogP contribution is -2.65. The number of aliphatic hydroxyl groups is 4. The first-order valence-electron chi connectivity index (χ1n) is 19.7. The number of carbonyl (C=O) groups is 4. The van der Waals surface area contributed by atoms with Gasteiger partial charge in [-0.2, -0.15) is 0 Å². The molecule has 6 aliphatic rings. The van der Waals surface area contributed by atoms with Crippen LogP contribution in [0.3, 0.4) is 0 Å². The molecule has 2 spiro atoms. The molecular formula is C40H52O18.